The van der Waals surface area contributed by atoms with E-state index >= 15 is 0 Å². The highest BCUT2D eigenvalue weighted by Crippen LogP contribution is 2.35. The molecule has 0 radical (unpaired) electrons. The standard InChI is InChI=1S/C38H53F5N4O21/c39-24-25(40)27(42)34(28(43)26(24)41)67-23(53)2-4-60-7-9-62-11-12-63-10-8-61-6-3-47-14-18(45-46-47)1-5-64-36-33(57)32(56)31(55)21(66-36)17-65-38(37(58)59)13-19(50)29(44-22(52)16-49)35(68-38)30(54)20(51)15-48/h14,19-21,29-33,35-36,48-51,54-57H,1-13,15-17H2,(H,44,52)(H,58,59)/t19-,20+,21+,29+,30+,31-,32-,33+,35+,36+,38-/m0/s1. The molecule has 1 aromatic carbocycles. The van der Waals surface area contributed by atoms with Crippen molar-refractivity contribution in [1.82, 2.24) is 20.3 Å². The fourth-order valence-corrected chi connectivity index (χ4v) is 6.44. The van der Waals surface area contributed by atoms with Gasteiger partial charge in [0.15, 0.2) is 6.29 Å². The summed E-state index contributed by atoms with van der Waals surface area (Å²) in [6.07, 6.45) is -16.4. The summed E-state index contributed by atoms with van der Waals surface area (Å²) in [4.78, 5) is 36.1. The van der Waals surface area contributed by atoms with Crippen LogP contribution in [-0.4, -0.2) is 225 Å². The zero-order chi connectivity index (χ0) is 50.1. The van der Waals surface area contributed by atoms with Crippen LogP contribution in [-0.2, 0) is 65.2 Å². The molecule has 2 aliphatic rings. The number of carboxylic acid groups (broad SMARTS) is 1. The van der Waals surface area contributed by atoms with E-state index in [1.165, 1.54) is 4.68 Å². The number of aliphatic hydroxyl groups excluding tert-OH is 8. The summed E-state index contributed by atoms with van der Waals surface area (Å²) in [7, 11) is 0. The lowest BCUT2D eigenvalue weighted by atomic mass is 9.88. The molecular formula is C38H53F5N4O21. The SMILES string of the molecule is O=C(CO)N[C@H]1[C@H]([C@H](O)[C@H](O)CO)O[C@](OC[C@H]2O[C@@H](OCCc3cn(CCOCCOCCOCCOCCC(=O)Oc4c(F)c(F)c(F)c(F)c4F)nn3)[C@H](O)[C@@H](O)[C@H]2O)(C(=O)O)C[C@@H]1O. The summed E-state index contributed by atoms with van der Waals surface area (Å²) in [5.74, 6) is -20.2. The average molecular weight is 997 g/mol. The second-order valence-corrected chi connectivity index (χ2v) is 14.9. The monoisotopic (exact) mass is 996 g/mol. The number of nitrogens with one attached hydrogen (secondary N) is 1. The van der Waals surface area contributed by atoms with E-state index in [0.29, 0.717) is 12.2 Å². The molecule has 3 heterocycles. The minimum absolute atomic E-state index is 0.000119. The fraction of sp³-hybridized carbons (Fsp3) is 0.711. The fourth-order valence-electron chi connectivity index (χ4n) is 6.44. The van der Waals surface area contributed by atoms with Crippen LogP contribution in [0.1, 0.15) is 18.5 Å². The average Bonchev–Trinajstić information content (AvgIpc) is 3.78. The van der Waals surface area contributed by atoms with Crippen LogP contribution >= 0.6 is 0 Å². The Bertz CT molecular complexity index is 1900. The molecule has 10 N–H and O–H groups in total. The molecule has 68 heavy (non-hydrogen) atoms. The molecule has 11 atom stereocenters. The number of aliphatic carboxylic acids is 1. The quantitative estimate of drug-likeness (QED) is 0.00918. The van der Waals surface area contributed by atoms with E-state index in [0.717, 1.165) is 0 Å². The van der Waals surface area contributed by atoms with Crippen molar-refractivity contribution in [1.29, 1.82) is 0 Å². The maximum Gasteiger partial charge on any atom is 0.364 e. The van der Waals surface area contributed by atoms with Gasteiger partial charge in [-0.05, 0) is 0 Å². The Morgan fingerprint density at radius 3 is 2.00 bits per heavy atom. The van der Waals surface area contributed by atoms with Crippen molar-refractivity contribution in [3.63, 3.8) is 0 Å². The Morgan fingerprint density at radius 2 is 1.41 bits per heavy atom. The van der Waals surface area contributed by atoms with Gasteiger partial charge in [0.1, 0.15) is 49.3 Å². The van der Waals surface area contributed by atoms with E-state index in [1.54, 1.807) is 6.20 Å². The Labute approximate surface area is 381 Å². The van der Waals surface area contributed by atoms with Gasteiger partial charge >= 0.3 is 11.9 Å². The van der Waals surface area contributed by atoms with Crippen LogP contribution in [0.25, 0.3) is 0 Å². The van der Waals surface area contributed by atoms with Gasteiger partial charge in [-0.1, -0.05) is 5.21 Å². The molecule has 30 heteroatoms. The molecule has 2 saturated heterocycles. The number of esters is 1. The first-order valence-electron chi connectivity index (χ1n) is 20.7. The molecule has 2 aliphatic heterocycles. The van der Waals surface area contributed by atoms with Crippen molar-refractivity contribution in [3.05, 3.63) is 41.0 Å². The van der Waals surface area contributed by atoms with Crippen LogP contribution < -0.4 is 10.1 Å². The normalized spacial score (nSPS) is 26.1. The zero-order valence-corrected chi connectivity index (χ0v) is 35.8. The summed E-state index contributed by atoms with van der Waals surface area (Å²) < 4.78 is 116. The number of halogens is 5. The van der Waals surface area contributed by atoms with Crippen LogP contribution in [0, 0.1) is 29.1 Å². The molecule has 1 amide bonds. The number of aromatic nitrogens is 3. The molecule has 25 nitrogen and oxygen atoms in total. The van der Waals surface area contributed by atoms with Crippen LogP contribution in [0.15, 0.2) is 6.20 Å². The first kappa shape index (κ1) is 56.4. The number of rotatable bonds is 29. The summed E-state index contributed by atoms with van der Waals surface area (Å²) in [6, 6.07) is -1.61. The third-order valence-electron chi connectivity index (χ3n) is 10.1. The summed E-state index contributed by atoms with van der Waals surface area (Å²) in [5.41, 5.74) is 0.436. The number of aliphatic hydroxyl groups is 8. The highest BCUT2D eigenvalue weighted by atomic mass is 19.2. The number of ether oxygens (including phenoxy) is 9. The predicted octanol–water partition coefficient (Wildman–Crippen LogP) is -4.46. The predicted molar refractivity (Wildman–Crippen MR) is 206 cm³/mol. The highest BCUT2D eigenvalue weighted by molar-refractivity contribution is 5.78. The van der Waals surface area contributed by atoms with E-state index in [1.807, 2.05) is 0 Å². The Hall–Kier alpha value is -4.22. The van der Waals surface area contributed by atoms with Crippen molar-refractivity contribution in [3.8, 4) is 5.75 Å². The van der Waals surface area contributed by atoms with Gasteiger partial charge < -0.3 is 93.9 Å². The first-order valence-corrected chi connectivity index (χ1v) is 20.7. The van der Waals surface area contributed by atoms with E-state index in [2.05, 4.69) is 20.4 Å². The second kappa shape index (κ2) is 27.2. The zero-order valence-electron chi connectivity index (χ0n) is 35.8. The lowest BCUT2D eigenvalue weighted by Gasteiger charge is -2.47. The third kappa shape index (κ3) is 15.4. The first-order chi connectivity index (χ1) is 32.3. The molecule has 2 aromatic rings. The number of nitrogens with zero attached hydrogens (tertiary/aromatic N) is 3. The largest absolute Gasteiger partial charge is 0.477 e. The van der Waals surface area contributed by atoms with Crippen LogP contribution in [0.4, 0.5) is 22.0 Å². The van der Waals surface area contributed by atoms with Crippen molar-refractivity contribution < 1.29 is 125 Å². The number of carbonyl (C=O) groups excluding carboxylic acids is 2. The van der Waals surface area contributed by atoms with Gasteiger partial charge in [0.2, 0.25) is 40.7 Å². The van der Waals surface area contributed by atoms with E-state index in [9.17, 15) is 77.2 Å². The lowest BCUT2D eigenvalue weighted by molar-refractivity contribution is -0.338. The van der Waals surface area contributed by atoms with Crippen molar-refractivity contribution in [2.45, 2.75) is 92.8 Å². The van der Waals surface area contributed by atoms with Gasteiger partial charge in [0.25, 0.3) is 5.79 Å². The Morgan fingerprint density at radius 1 is 0.824 bits per heavy atom. The van der Waals surface area contributed by atoms with Crippen LogP contribution in [0.2, 0.25) is 0 Å². The molecule has 386 valence electrons. The molecule has 2 fully saturated rings. The molecular weight excluding hydrogens is 943 g/mol. The number of carbonyl (C=O) groups is 3. The Kier molecular flexibility index (Phi) is 22.6. The summed E-state index contributed by atoms with van der Waals surface area (Å²) in [5, 5.41) is 102. The van der Waals surface area contributed by atoms with Crippen LogP contribution in [0.5, 0.6) is 5.75 Å². The van der Waals surface area contributed by atoms with Gasteiger partial charge in [-0.25, -0.2) is 22.6 Å². The number of hydrogen-bond donors (Lipinski definition) is 10. The van der Waals surface area contributed by atoms with E-state index < -0.39 is 152 Å². The minimum Gasteiger partial charge on any atom is -0.477 e. The van der Waals surface area contributed by atoms with Gasteiger partial charge in [-0.3, -0.25) is 9.59 Å². The molecule has 0 unspecified atom stereocenters. The van der Waals surface area contributed by atoms with E-state index in [-0.39, 0.29) is 65.9 Å². The number of carboxylic acids is 1. The van der Waals surface area contributed by atoms with Crippen molar-refractivity contribution in [2.24, 2.45) is 0 Å². The van der Waals surface area contributed by atoms with Gasteiger partial charge in [-0.15, -0.1) is 5.10 Å². The van der Waals surface area contributed by atoms with Crippen molar-refractivity contribution in [2.75, 3.05) is 79.3 Å². The maximum atomic E-state index is 13.6. The molecule has 0 aliphatic carbocycles. The second-order valence-electron chi connectivity index (χ2n) is 14.9. The number of benzene rings is 1. The van der Waals surface area contributed by atoms with E-state index in [4.69, 9.17) is 43.0 Å². The smallest absolute Gasteiger partial charge is 0.364 e. The topological polar surface area (TPSA) is 359 Å². The third-order valence-corrected chi connectivity index (χ3v) is 10.1. The summed E-state index contributed by atoms with van der Waals surface area (Å²) >= 11 is 0. The number of amides is 1. The molecule has 0 saturated carbocycles. The van der Waals surface area contributed by atoms with Gasteiger partial charge in [0, 0.05) is 19.0 Å². The lowest BCUT2D eigenvalue weighted by Crippen LogP contribution is -2.68. The van der Waals surface area contributed by atoms with Gasteiger partial charge in [-0.2, -0.15) is 8.78 Å². The minimum atomic E-state index is -2.83. The number of hydrogen-bond acceptors (Lipinski definition) is 22. The molecule has 4 rings (SSSR count). The highest BCUT2D eigenvalue weighted by Gasteiger charge is 2.57. The van der Waals surface area contributed by atoms with Crippen LogP contribution in [0.3, 0.4) is 0 Å². The maximum absolute atomic E-state index is 13.6. The Balaban J connectivity index is 1.09. The molecule has 0 bridgehead atoms. The molecule has 0 spiro atoms. The molecule has 1 aromatic heterocycles. The summed E-state index contributed by atoms with van der Waals surface area (Å²) in [6.45, 7) is -2.08. The van der Waals surface area contributed by atoms with Crippen molar-refractivity contribution >= 4 is 17.8 Å². The van der Waals surface area contributed by atoms with Gasteiger partial charge in [0.05, 0.1) is 103 Å².